The van der Waals surface area contributed by atoms with Crippen molar-refractivity contribution < 1.29 is 9.53 Å². The number of anilines is 1. The summed E-state index contributed by atoms with van der Waals surface area (Å²) in [4.78, 5) is 11.6. The Morgan fingerprint density at radius 1 is 1.79 bits per heavy atom. The molecule has 1 fully saturated rings. The van der Waals surface area contributed by atoms with E-state index in [1.807, 2.05) is 6.92 Å². The van der Waals surface area contributed by atoms with Crippen molar-refractivity contribution in [2.75, 3.05) is 11.9 Å². The van der Waals surface area contributed by atoms with Crippen LogP contribution < -0.4 is 5.32 Å². The Balaban J connectivity index is 1.97. The Hall–Kier alpha value is -1.36. The molecule has 1 aromatic heterocycles. The van der Waals surface area contributed by atoms with Gasteiger partial charge in [0.1, 0.15) is 11.9 Å². The van der Waals surface area contributed by atoms with Crippen molar-refractivity contribution in [2.45, 2.75) is 25.9 Å². The van der Waals surface area contributed by atoms with E-state index in [0.717, 1.165) is 18.4 Å². The van der Waals surface area contributed by atoms with E-state index in [2.05, 4.69) is 15.5 Å². The Labute approximate surface area is 81.8 Å². The molecule has 0 radical (unpaired) electrons. The lowest BCUT2D eigenvalue weighted by Gasteiger charge is -2.08. The van der Waals surface area contributed by atoms with E-state index in [-0.39, 0.29) is 12.0 Å². The number of aromatic nitrogens is 2. The molecule has 0 aromatic carbocycles. The Kier molecular flexibility index (Phi) is 2.49. The van der Waals surface area contributed by atoms with Crippen molar-refractivity contribution in [1.29, 1.82) is 0 Å². The molecule has 1 saturated heterocycles. The Morgan fingerprint density at radius 3 is 3.21 bits per heavy atom. The highest BCUT2D eigenvalue weighted by atomic mass is 16.5. The molecule has 1 amide bonds. The quantitative estimate of drug-likeness (QED) is 0.734. The largest absolute Gasteiger partial charge is 0.368 e. The number of nitrogens with one attached hydrogen (secondary N) is 2. The van der Waals surface area contributed by atoms with Gasteiger partial charge in [0.15, 0.2) is 0 Å². The monoisotopic (exact) mass is 195 g/mol. The number of hydrogen-bond donors (Lipinski definition) is 2. The van der Waals surface area contributed by atoms with Gasteiger partial charge in [-0.1, -0.05) is 0 Å². The topological polar surface area (TPSA) is 67.0 Å². The second kappa shape index (κ2) is 3.79. The number of amides is 1. The third kappa shape index (κ3) is 1.77. The predicted molar refractivity (Wildman–Crippen MR) is 50.9 cm³/mol. The molecule has 0 spiro atoms. The molecule has 0 unspecified atom stereocenters. The minimum Gasteiger partial charge on any atom is -0.368 e. The standard InChI is InChI=1S/C9H13N3O2/c1-6-5-10-12-8(6)11-9(13)7-3-2-4-14-7/h5,7H,2-4H2,1H3,(H2,10,11,12,13)/t7-/m1/s1. The maximum Gasteiger partial charge on any atom is 0.254 e. The van der Waals surface area contributed by atoms with Crippen LogP contribution in [0.1, 0.15) is 18.4 Å². The Morgan fingerprint density at radius 2 is 2.64 bits per heavy atom. The SMILES string of the molecule is Cc1cn[nH]c1NC(=O)[C@H]1CCCO1. The molecule has 0 saturated carbocycles. The molecule has 1 atom stereocenters. The minimum absolute atomic E-state index is 0.0881. The van der Waals surface area contributed by atoms with E-state index in [0.29, 0.717) is 12.4 Å². The summed E-state index contributed by atoms with van der Waals surface area (Å²) >= 11 is 0. The fraction of sp³-hybridized carbons (Fsp3) is 0.556. The van der Waals surface area contributed by atoms with Gasteiger partial charge in [0.05, 0.1) is 6.20 Å². The zero-order chi connectivity index (χ0) is 9.97. The van der Waals surface area contributed by atoms with Crippen molar-refractivity contribution in [2.24, 2.45) is 0 Å². The summed E-state index contributed by atoms with van der Waals surface area (Å²) in [6.45, 7) is 2.56. The van der Waals surface area contributed by atoms with Crippen molar-refractivity contribution in [3.63, 3.8) is 0 Å². The number of carbonyl (C=O) groups excluding carboxylic acids is 1. The van der Waals surface area contributed by atoms with Crippen molar-refractivity contribution in [3.05, 3.63) is 11.8 Å². The highest BCUT2D eigenvalue weighted by Crippen LogP contribution is 2.15. The number of nitrogens with zero attached hydrogens (tertiary/aromatic N) is 1. The molecule has 2 N–H and O–H groups in total. The third-order valence-electron chi connectivity index (χ3n) is 2.30. The molecule has 1 aliphatic heterocycles. The van der Waals surface area contributed by atoms with Crippen molar-refractivity contribution >= 4 is 11.7 Å². The van der Waals surface area contributed by atoms with Gasteiger partial charge in [-0.25, -0.2) is 0 Å². The van der Waals surface area contributed by atoms with E-state index in [1.165, 1.54) is 0 Å². The van der Waals surface area contributed by atoms with E-state index < -0.39 is 0 Å². The van der Waals surface area contributed by atoms with Crippen LogP contribution in [-0.4, -0.2) is 28.8 Å². The Bertz CT molecular complexity index is 329. The summed E-state index contributed by atoms with van der Waals surface area (Å²) in [5.74, 6) is 0.570. The van der Waals surface area contributed by atoms with Crippen LogP contribution >= 0.6 is 0 Å². The molecule has 1 aromatic rings. The number of H-pyrrole nitrogens is 1. The molecular formula is C9H13N3O2. The van der Waals surface area contributed by atoms with E-state index >= 15 is 0 Å². The summed E-state index contributed by atoms with van der Waals surface area (Å²) in [7, 11) is 0. The van der Waals surface area contributed by atoms with E-state index in [4.69, 9.17) is 4.74 Å². The second-order valence-corrected chi connectivity index (χ2v) is 3.42. The van der Waals surface area contributed by atoms with Gasteiger partial charge in [-0.05, 0) is 19.8 Å². The molecule has 2 heterocycles. The lowest BCUT2D eigenvalue weighted by molar-refractivity contribution is -0.124. The van der Waals surface area contributed by atoms with Gasteiger partial charge >= 0.3 is 0 Å². The van der Waals surface area contributed by atoms with Crippen LogP contribution in [0, 0.1) is 6.92 Å². The second-order valence-electron chi connectivity index (χ2n) is 3.42. The van der Waals surface area contributed by atoms with E-state index in [1.54, 1.807) is 6.20 Å². The molecule has 1 aliphatic rings. The molecule has 0 bridgehead atoms. The number of rotatable bonds is 2. The van der Waals surface area contributed by atoms with Crippen LogP contribution in [0.3, 0.4) is 0 Å². The fourth-order valence-electron chi connectivity index (χ4n) is 1.46. The summed E-state index contributed by atoms with van der Waals surface area (Å²) in [5.41, 5.74) is 0.927. The zero-order valence-corrected chi connectivity index (χ0v) is 8.04. The first-order valence-electron chi connectivity index (χ1n) is 4.70. The van der Waals surface area contributed by atoms with Gasteiger partial charge in [-0.2, -0.15) is 5.10 Å². The summed E-state index contributed by atoms with van der Waals surface area (Å²) in [6, 6.07) is 0. The maximum atomic E-state index is 11.6. The molecule has 5 nitrogen and oxygen atoms in total. The third-order valence-corrected chi connectivity index (χ3v) is 2.30. The van der Waals surface area contributed by atoms with Crippen LogP contribution in [0.2, 0.25) is 0 Å². The van der Waals surface area contributed by atoms with Gasteiger partial charge in [-0.3, -0.25) is 9.89 Å². The molecule has 0 aliphatic carbocycles. The summed E-state index contributed by atoms with van der Waals surface area (Å²) in [6.07, 6.45) is 3.14. The van der Waals surface area contributed by atoms with Crippen LogP contribution in [0.15, 0.2) is 6.20 Å². The molecular weight excluding hydrogens is 182 g/mol. The van der Waals surface area contributed by atoms with Gasteiger partial charge in [0.2, 0.25) is 0 Å². The number of ether oxygens (including phenoxy) is 1. The first-order chi connectivity index (χ1) is 6.77. The maximum absolute atomic E-state index is 11.6. The number of carbonyl (C=O) groups is 1. The van der Waals surface area contributed by atoms with Crippen molar-refractivity contribution in [1.82, 2.24) is 10.2 Å². The molecule has 14 heavy (non-hydrogen) atoms. The lowest BCUT2D eigenvalue weighted by atomic mass is 10.2. The first kappa shape index (κ1) is 9.21. The minimum atomic E-state index is -0.294. The van der Waals surface area contributed by atoms with Gasteiger partial charge in [0.25, 0.3) is 5.91 Å². The summed E-state index contributed by atoms with van der Waals surface area (Å²) < 4.78 is 5.26. The van der Waals surface area contributed by atoms with Crippen LogP contribution in [0.5, 0.6) is 0 Å². The van der Waals surface area contributed by atoms with Crippen LogP contribution in [0.25, 0.3) is 0 Å². The average Bonchev–Trinajstić information content (AvgIpc) is 2.77. The van der Waals surface area contributed by atoms with Gasteiger partial charge in [0, 0.05) is 12.2 Å². The molecule has 76 valence electrons. The lowest BCUT2D eigenvalue weighted by Crippen LogP contribution is -2.27. The number of aryl methyl sites for hydroxylation is 1. The highest BCUT2D eigenvalue weighted by Gasteiger charge is 2.24. The first-order valence-corrected chi connectivity index (χ1v) is 4.70. The average molecular weight is 195 g/mol. The molecule has 5 heteroatoms. The van der Waals surface area contributed by atoms with Crippen LogP contribution in [-0.2, 0) is 9.53 Å². The fourth-order valence-corrected chi connectivity index (χ4v) is 1.46. The normalized spacial score (nSPS) is 21.1. The summed E-state index contributed by atoms with van der Waals surface area (Å²) in [5, 5.41) is 9.29. The van der Waals surface area contributed by atoms with Gasteiger partial charge in [-0.15, -0.1) is 0 Å². The van der Waals surface area contributed by atoms with Crippen LogP contribution in [0.4, 0.5) is 5.82 Å². The van der Waals surface area contributed by atoms with Gasteiger partial charge < -0.3 is 10.1 Å². The smallest absolute Gasteiger partial charge is 0.254 e. The number of hydrogen-bond acceptors (Lipinski definition) is 3. The predicted octanol–water partition coefficient (Wildman–Crippen LogP) is 0.836. The zero-order valence-electron chi connectivity index (χ0n) is 8.04. The van der Waals surface area contributed by atoms with Crippen molar-refractivity contribution in [3.8, 4) is 0 Å². The van der Waals surface area contributed by atoms with E-state index in [9.17, 15) is 4.79 Å². The number of aromatic amines is 1. The molecule has 2 rings (SSSR count). The highest BCUT2D eigenvalue weighted by molar-refractivity contribution is 5.93.